The van der Waals surface area contributed by atoms with Crippen molar-refractivity contribution in [1.82, 2.24) is 5.32 Å². The molecule has 0 saturated heterocycles. The Bertz CT molecular complexity index is 1020. The van der Waals surface area contributed by atoms with Gasteiger partial charge in [-0.1, -0.05) is 61.5 Å². The number of halogens is 1. The normalized spacial score (nSPS) is 13.1. The number of nitrogens with one attached hydrogen (secondary N) is 1. The molecule has 0 fully saturated rings. The number of amides is 1. The summed E-state index contributed by atoms with van der Waals surface area (Å²) in [6, 6.07) is 11.8. The third-order valence-corrected chi connectivity index (χ3v) is 6.84. The lowest BCUT2D eigenvalue weighted by atomic mass is 9.87. The van der Waals surface area contributed by atoms with E-state index < -0.39 is 17.2 Å². The topological polar surface area (TPSA) is 77.0 Å². The fourth-order valence-electron chi connectivity index (χ4n) is 3.71. The maximum Gasteiger partial charge on any atom is 0.408 e. The monoisotopic (exact) mass is 535 g/mol. The molecular formula is C28H38ClNO5S. The van der Waals surface area contributed by atoms with Gasteiger partial charge >= 0.3 is 6.09 Å². The van der Waals surface area contributed by atoms with E-state index in [1.807, 2.05) is 64.1 Å². The third kappa shape index (κ3) is 9.36. The molecule has 0 aliphatic heterocycles. The Morgan fingerprint density at radius 3 is 2.53 bits per heavy atom. The van der Waals surface area contributed by atoms with Crippen LogP contribution in [0, 0.1) is 0 Å². The summed E-state index contributed by atoms with van der Waals surface area (Å²) < 4.78 is 16.2. The lowest BCUT2D eigenvalue weighted by Crippen LogP contribution is -2.53. The number of carbonyl (C=O) groups excluding carboxylic acids is 1. The number of rotatable bonds is 13. The molecule has 0 saturated carbocycles. The first-order chi connectivity index (χ1) is 17.0. The number of aliphatic hydroxyl groups is 1. The van der Waals surface area contributed by atoms with E-state index in [9.17, 15) is 9.90 Å². The lowest BCUT2D eigenvalue weighted by Gasteiger charge is -2.34. The summed E-state index contributed by atoms with van der Waals surface area (Å²) in [7, 11) is 1.58. The van der Waals surface area contributed by atoms with Crippen LogP contribution >= 0.6 is 23.4 Å². The van der Waals surface area contributed by atoms with E-state index in [1.54, 1.807) is 24.9 Å². The van der Waals surface area contributed by atoms with Gasteiger partial charge in [-0.05, 0) is 75.4 Å². The quantitative estimate of drug-likeness (QED) is 0.266. The van der Waals surface area contributed by atoms with Crippen LogP contribution in [0.1, 0.15) is 58.1 Å². The molecule has 2 aromatic carbocycles. The van der Waals surface area contributed by atoms with Crippen LogP contribution in [0.2, 0.25) is 5.02 Å². The third-order valence-electron chi connectivity index (χ3n) is 5.46. The predicted molar refractivity (Wildman–Crippen MR) is 147 cm³/mol. The number of carbonyl (C=O) groups is 1. The van der Waals surface area contributed by atoms with Gasteiger partial charge in [-0.3, -0.25) is 0 Å². The Morgan fingerprint density at radius 2 is 1.94 bits per heavy atom. The van der Waals surface area contributed by atoms with E-state index in [0.29, 0.717) is 30.0 Å². The van der Waals surface area contributed by atoms with E-state index >= 15 is 0 Å². The maximum atomic E-state index is 12.4. The molecule has 198 valence electrons. The van der Waals surface area contributed by atoms with Crippen LogP contribution in [0.15, 0.2) is 52.8 Å². The minimum absolute atomic E-state index is 0.155. The highest BCUT2D eigenvalue weighted by Gasteiger charge is 2.32. The highest BCUT2D eigenvalue weighted by molar-refractivity contribution is 7.99. The first-order valence-corrected chi connectivity index (χ1v) is 13.2. The molecule has 0 aromatic heterocycles. The van der Waals surface area contributed by atoms with Gasteiger partial charge in [0.2, 0.25) is 0 Å². The van der Waals surface area contributed by atoms with E-state index in [4.69, 9.17) is 25.8 Å². The lowest BCUT2D eigenvalue weighted by molar-refractivity contribution is 0.0373. The van der Waals surface area contributed by atoms with Gasteiger partial charge in [-0.2, -0.15) is 0 Å². The summed E-state index contributed by atoms with van der Waals surface area (Å²) in [4.78, 5) is 14.3. The van der Waals surface area contributed by atoms with Gasteiger partial charge in [-0.15, -0.1) is 0 Å². The van der Waals surface area contributed by atoms with Crippen molar-refractivity contribution in [1.29, 1.82) is 0 Å². The number of aliphatic hydroxyl groups excluding tert-OH is 1. The van der Waals surface area contributed by atoms with Crippen LogP contribution in [0.3, 0.4) is 0 Å². The molecule has 1 amide bonds. The summed E-state index contributed by atoms with van der Waals surface area (Å²) in [5.41, 5.74) is 0.524. The molecule has 2 aromatic rings. The SMILES string of the molecule is C=Cc1ccc(OCOC)c(Sc2ccc(CC[C@](CO)(CCC)NC(=O)OC(C)(C)C)c(Cl)c2)c1. The van der Waals surface area contributed by atoms with Crippen LogP contribution in [-0.2, 0) is 15.9 Å². The van der Waals surface area contributed by atoms with Crippen LogP contribution in [0.5, 0.6) is 5.75 Å². The Morgan fingerprint density at radius 1 is 1.19 bits per heavy atom. The van der Waals surface area contributed by atoms with Crippen LogP contribution < -0.4 is 10.1 Å². The molecule has 0 aliphatic rings. The Labute approximate surface area is 224 Å². The molecule has 0 aliphatic carbocycles. The molecule has 0 unspecified atom stereocenters. The second kappa shape index (κ2) is 13.9. The molecule has 2 N–H and O–H groups in total. The van der Waals surface area contributed by atoms with Crippen LogP contribution in [-0.4, -0.2) is 42.8 Å². The van der Waals surface area contributed by atoms with Crippen molar-refractivity contribution in [3.8, 4) is 5.75 Å². The molecule has 36 heavy (non-hydrogen) atoms. The molecule has 1 atom stereocenters. The fourth-order valence-corrected chi connectivity index (χ4v) is 5.04. The number of aryl methyl sites for hydroxylation is 1. The number of hydrogen-bond acceptors (Lipinski definition) is 6. The van der Waals surface area contributed by atoms with Gasteiger partial charge in [0.1, 0.15) is 11.4 Å². The smallest absolute Gasteiger partial charge is 0.408 e. The predicted octanol–water partition coefficient (Wildman–Crippen LogP) is 7.11. The summed E-state index contributed by atoms with van der Waals surface area (Å²) in [5, 5.41) is 13.7. The summed E-state index contributed by atoms with van der Waals surface area (Å²) in [5.74, 6) is 0.716. The van der Waals surface area contributed by atoms with Crippen molar-refractivity contribution in [2.24, 2.45) is 0 Å². The van der Waals surface area contributed by atoms with Gasteiger partial charge in [0.25, 0.3) is 0 Å². The molecule has 2 rings (SSSR count). The van der Waals surface area contributed by atoms with Crippen molar-refractivity contribution in [2.75, 3.05) is 20.5 Å². The fraction of sp³-hybridized carbons (Fsp3) is 0.464. The summed E-state index contributed by atoms with van der Waals surface area (Å²) >= 11 is 8.20. The minimum atomic E-state index is -0.785. The zero-order valence-electron chi connectivity index (χ0n) is 21.9. The minimum Gasteiger partial charge on any atom is -0.466 e. The van der Waals surface area contributed by atoms with E-state index in [-0.39, 0.29) is 13.4 Å². The Hall–Kier alpha value is -2.19. The molecule has 0 spiro atoms. The van der Waals surface area contributed by atoms with Crippen LogP contribution in [0.25, 0.3) is 6.08 Å². The maximum absolute atomic E-state index is 12.4. The first-order valence-electron chi connectivity index (χ1n) is 12.0. The van der Waals surface area contributed by atoms with E-state index in [1.165, 1.54) is 0 Å². The van der Waals surface area contributed by atoms with Gasteiger partial charge in [0, 0.05) is 17.0 Å². The average Bonchev–Trinajstić information content (AvgIpc) is 2.81. The molecule has 6 nitrogen and oxygen atoms in total. The number of methoxy groups -OCH3 is 1. The van der Waals surface area contributed by atoms with E-state index in [0.717, 1.165) is 27.3 Å². The standard InChI is InChI=1S/C28H38ClNO5S/c1-7-14-28(18-31,30-26(32)35-27(3,4)5)15-13-21-10-11-22(17-23(21)29)36-25-16-20(8-2)9-12-24(25)34-19-33-6/h8-12,16-17,31H,2,7,13-15,18-19H2,1,3-6H3,(H,30,32)/t28-/m0/s1. The molecule has 0 heterocycles. The second-order valence-electron chi connectivity index (χ2n) is 9.63. The average molecular weight is 536 g/mol. The van der Waals surface area contributed by atoms with Crippen molar-refractivity contribution in [3.05, 3.63) is 59.1 Å². The summed E-state index contributed by atoms with van der Waals surface area (Å²) in [6.07, 6.45) is 3.80. The Kier molecular flexibility index (Phi) is 11.6. The molecule has 8 heteroatoms. The number of hydrogen-bond donors (Lipinski definition) is 2. The first kappa shape index (κ1) is 30.0. The van der Waals surface area contributed by atoms with Crippen LogP contribution in [0.4, 0.5) is 4.79 Å². The Balaban J connectivity index is 2.17. The zero-order valence-corrected chi connectivity index (χ0v) is 23.4. The molecular weight excluding hydrogens is 498 g/mol. The van der Waals surface area contributed by atoms with Gasteiger partial charge < -0.3 is 24.6 Å². The largest absolute Gasteiger partial charge is 0.466 e. The number of benzene rings is 2. The van der Waals surface area contributed by atoms with Gasteiger partial charge in [-0.25, -0.2) is 4.79 Å². The van der Waals surface area contributed by atoms with Crippen molar-refractivity contribution in [2.45, 2.75) is 74.3 Å². The highest BCUT2D eigenvalue weighted by Crippen LogP contribution is 2.38. The van der Waals surface area contributed by atoms with Crippen molar-refractivity contribution < 1.29 is 24.1 Å². The molecule has 0 bridgehead atoms. The zero-order chi connectivity index (χ0) is 26.8. The number of alkyl carbamates (subject to hydrolysis) is 1. The van der Waals surface area contributed by atoms with Crippen molar-refractivity contribution in [3.63, 3.8) is 0 Å². The van der Waals surface area contributed by atoms with E-state index in [2.05, 4.69) is 11.9 Å². The highest BCUT2D eigenvalue weighted by atomic mass is 35.5. The van der Waals surface area contributed by atoms with Crippen molar-refractivity contribution >= 4 is 35.5 Å². The summed E-state index contributed by atoms with van der Waals surface area (Å²) in [6.45, 7) is 11.3. The second-order valence-corrected chi connectivity index (χ2v) is 11.2. The van der Waals surface area contributed by atoms with Gasteiger partial charge in [0.15, 0.2) is 6.79 Å². The number of ether oxygens (including phenoxy) is 3. The molecule has 0 radical (unpaired) electrons. The van der Waals surface area contributed by atoms with Gasteiger partial charge in [0.05, 0.1) is 17.0 Å².